The molecule has 0 saturated carbocycles. The van der Waals surface area contributed by atoms with Crippen molar-refractivity contribution in [2.75, 3.05) is 12.0 Å². The van der Waals surface area contributed by atoms with Gasteiger partial charge in [-0.25, -0.2) is 4.79 Å². The molecule has 6 nitrogen and oxygen atoms in total. The topological polar surface area (TPSA) is 81.3 Å². The minimum Gasteiger partial charge on any atom is -0.480 e. The van der Waals surface area contributed by atoms with Gasteiger partial charge in [-0.05, 0) is 29.1 Å². The Morgan fingerprint density at radius 2 is 2.17 bits per heavy atom. The van der Waals surface area contributed by atoms with Crippen molar-refractivity contribution in [3.05, 3.63) is 31.5 Å². The van der Waals surface area contributed by atoms with Gasteiger partial charge in [0, 0.05) is 18.0 Å². The molecule has 1 aromatic heterocycles. The lowest BCUT2D eigenvalue weighted by Gasteiger charge is -2.15. The number of carbonyl (C=O) groups is 1. The first-order chi connectivity index (χ1) is 8.38. The standard InChI is InChI=1S/C10H13BrN2O4S/c1-6(5-18-2)13-9(16)7(11)3-12(10(13)17)4-8(14)15/h3,6H,4-5H2,1-2H3,(H,14,15)/t6-/m0/s1. The van der Waals surface area contributed by atoms with Crippen molar-refractivity contribution in [2.45, 2.75) is 19.5 Å². The van der Waals surface area contributed by atoms with Crippen molar-refractivity contribution in [1.29, 1.82) is 0 Å². The molecule has 18 heavy (non-hydrogen) atoms. The molecule has 100 valence electrons. The lowest BCUT2D eigenvalue weighted by molar-refractivity contribution is -0.137. The number of carboxylic acids is 1. The maximum absolute atomic E-state index is 12.0. The van der Waals surface area contributed by atoms with Gasteiger partial charge >= 0.3 is 11.7 Å². The van der Waals surface area contributed by atoms with Crippen LogP contribution in [0, 0.1) is 0 Å². The normalized spacial score (nSPS) is 12.4. The van der Waals surface area contributed by atoms with Gasteiger partial charge in [0.15, 0.2) is 0 Å². The number of hydrogen-bond donors (Lipinski definition) is 1. The molecule has 0 aromatic carbocycles. The third-order valence-electron chi connectivity index (χ3n) is 2.30. The van der Waals surface area contributed by atoms with Gasteiger partial charge in [0.2, 0.25) is 0 Å². The second-order valence-electron chi connectivity index (χ2n) is 3.76. The number of rotatable bonds is 5. The highest BCUT2D eigenvalue weighted by Gasteiger charge is 2.16. The van der Waals surface area contributed by atoms with Crippen molar-refractivity contribution in [2.24, 2.45) is 0 Å². The van der Waals surface area contributed by atoms with E-state index in [1.165, 1.54) is 18.0 Å². The van der Waals surface area contributed by atoms with Gasteiger partial charge < -0.3 is 5.11 Å². The summed E-state index contributed by atoms with van der Waals surface area (Å²) in [6, 6.07) is -0.294. The molecule has 1 atom stereocenters. The van der Waals surface area contributed by atoms with Gasteiger partial charge in [-0.1, -0.05) is 0 Å². The Labute approximate surface area is 116 Å². The third kappa shape index (κ3) is 3.26. The molecule has 0 spiro atoms. The minimum absolute atomic E-state index is 0.177. The molecule has 0 radical (unpaired) electrons. The molecule has 0 fully saturated rings. The fourth-order valence-electron chi connectivity index (χ4n) is 1.55. The summed E-state index contributed by atoms with van der Waals surface area (Å²) in [7, 11) is 0. The Hall–Kier alpha value is -1.02. The molecule has 1 rings (SSSR count). The number of thioether (sulfide) groups is 1. The lowest BCUT2D eigenvalue weighted by Crippen LogP contribution is -2.43. The van der Waals surface area contributed by atoms with Crippen LogP contribution in [0.2, 0.25) is 0 Å². The summed E-state index contributed by atoms with van der Waals surface area (Å²) in [6.45, 7) is 1.28. The summed E-state index contributed by atoms with van der Waals surface area (Å²) < 4.78 is 2.25. The van der Waals surface area contributed by atoms with Gasteiger partial charge in [-0.15, -0.1) is 0 Å². The van der Waals surface area contributed by atoms with Crippen molar-refractivity contribution in [3.63, 3.8) is 0 Å². The van der Waals surface area contributed by atoms with E-state index in [9.17, 15) is 14.4 Å². The van der Waals surface area contributed by atoms with Crippen molar-refractivity contribution < 1.29 is 9.90 Å². The zero-order chi connectivity index (χ0) is 13.9. The molecule has 1 heterocycles. The highest BCUT2D eigenvalue weighted by atomic mass is 79.9. The largest absolute Gasteiger partial charge is 0.480 e. The van der Waals surface area contributed by atoms with E-state index in [2.05, 4.69) is 15.9 Å². The molecule has 0 unspecified atom stereocenters. The monoisotopic (exact) mass is 336 g/mol. The van der Waals surface area contributed by atoms with Crippen LogP contribution >= 0.6 is 27.7 Å². The molecule has 0 aliphatic carbocycles. The van der Waals surface area contributed by atoms with Crippen LogP contribution in [0.25, 0.3) is 0 Å². The molecular weight excluding hydrogens is 324 g/mol. The second kappa shape index (κ2) is 6.24. The average molecular weight is 337 g/mol. The molecule has 0 aliphatic rings. The average Bonchev–Trinajstić information content (AvgIpc) is 2.26. The van der Waals surface area contributed by atoms with Crippen LogP contribution in [0.4, 0.5) is 0 Å². The van der Waals surface area contributed by atoms with Crippen LogP contribution in [0.5, 0.6) is 0 Å². The Bertz CT molecular complexity index is 566. The zero-order valence-corrected chi connectivity index (χ0v) is 12.3. The summed E-state index contributed by atoms with van der Waals surface area (Å²) in [4.78, 5) is 34.6. The molecule has 0 aliphatic heterocycles. The van der Waals surface area contributed by atoms with E-state index in [0.29, 0.717) is 5.75 Å². The predicted octanol–water partition coefficient (Wildman–Crippen LogP) is 0.781. The van der Waals surface area contributed by atoms with E-state index in [-0.39, 0.29) is 10.5 Å². The number of aromatic nitrogens is 2. The molecule has 1 aromatic rings. The molecule has 1 N–H and O–H groups in total. The van der Waals surface area contributed by atoms with Gasteiger partial charge in [-0.2, -0.15) is 11.8 Å². The Kier molecular flexibility index (Phi) is 5.21. The van der Waals surface area contributed by atoms with Crippen LogP contribution in [-0.2, 0) is 11.3 Å². The van der Waals surface area contributed by atoms with Crippen LogP contribution in [0.15, 0.2) is 20.3 Å². The molecule has 0 saturated heterocycles. The van der Waals surface area contributed by atoms with Crippen molar-refractivity contribution in [1.82, 2.24) is 9.13 Å². The van der Waals surface area contributed by atoms with E-state index in [1.807, 2.05) is 6.26 Å². The first kappa shape index (κ1) is 15.0. The highest BCUT2D eigenvalue weighted by Crippen LogP contribution is 2.09. The van der Waals surface area contributed by atoms with E-state index in [4.69, 9.17) is 5.11 Å². The summed E-state index contributed by atoms with van der Waals surface area (Å²) in [5.41, 5.74) is -1.05. The molecule has 0 bridgehead atoms. The minimum atomic E-state index is -1.13. The summed E-state index contributed by atoms with van der Waals surface area (Å²) in [5, 5.41) is 8.72. The van der Waals surface area contributed by atoms with Gasteiger partial charge in [-0.3, -0.25) is 18.7 Å². The first-order valence-electron chi connectivity index (χ1n) is 5.10. The predicted molar refractivity (Wildman–Crippen MR) is 73.4 cm³/mol. The van der Waals surface area contributed by atoms with E-state index in [1.54, 1.807) is 6.92 Å². The summed E-state index contributed by atoms with van der Waals surface area (Å²) in [5.74, 6) is -0.537. The molecule has 8 heteroatoms. The van der Waals surface area contributed by atoms with Crippen LogP contribution in [-0.4, -0.2) is 32.2 Å². The fraction of sp³-hybridized carbons (Fsp3) is 0.500. The number of carboxylic acid groups (broad SMARTS) is 1. The van der Waals surface area contributed by atoms with Crippen LogP contribution in [0.3, 0.4) is 0 Å². The third-order valence-corrected chi connectivity index (χ3v) is 3.66. The fourth-order valence-corrected chi connectivity index (χ4v) is 2.62. The second-order valence-corrected chi connectivity index (χ2v) is 5.53. The number of halogens is 1. The maximum atomic E-state index is 12.0. The van der Waals surface area contributed by atoms with Gasteiger partial charge in [0.05, 0.1) is 4.47 Å². The Morgan fingerprint density at radius 3 is 2.67 bits per heavy atom. The first-order valence-corrected chi connectivity index (χ1v) is 7.29. The SMILES string of the molecule is CSC[C@H](C)n1c(=O)c(Br)cn(CC(=O)O)c1=O. The lowest BCUT2D eigenvalue weighted by atomic mass is 10.4. The Balaban J connectivity index is 3.40. The van der Waals surface area contributed by atoms with Crippen LogP contribution < -0.4 is 11.2 Å². The molecular formula is C10H13BrN2O4S. The van der Waals surface area contributed by atoms with Crippen molar-refractivity contribution in [3.8, 4) is 0 Å². The zero-order valence-electron chi connectivity index (χ0n) is 9.92. The summed E-state index contributed by atoms with van der Waals surface area (Å²) >= 11 is 4.56. The summed E-state index contributed by atoms with van der Waals surface area (Å²) in [6.07, 6.45) is 3.08. The number of hydrogen-bond acceptors (Lipinski definition) is 4. The molecule has 0 amide bonds. The Morgan fingerprint density at radius 1 is 1.56 bits per heavy atom. The highest BCUT2D eigenvalue weighted by molar-refractivity contribution is 9.10. The van der Waals surface area contributed by atoms with Crippen molar-refractivity contribution >= 4 is 33.7 Å². The smallest absolute Gasteiger partial charge is 0.331 e. The van der Waals surface area contributed by atoms with E-state index < -0.39 is 23.8 Å². The number of aliphatic carboxylic acids is 1. The quantitative estimate of drug-likeness (QED) is 0.859. The number of nitrogens with zero attached hydrogens (tertiary/aromatic N) is 2. The van der Waals surface area contributed by atoms with Gasteiger partial charge in [0.25, 0.3) is 5.56 Å². The van der Waals surface area contributed by atoms with Crippen LogP contribution in [0.1, 0.15) is 13.0 Å². The van der Waals surface area contributed by atoms with E-state index in [0.717, 1.165) is 9.13 Å². The maximum Gasteiger partial charge on any atom is 0.331 e. The van der Waals surface area contributed by atoms with E-state index >= 15 is 0 Å². The van der Waals surface area contributed by atoms with Gasteiger partial charge in [0.1, 0.15) is 6.54 Å².